The summed E-state index contributed by atoms with van der Waals surface area (Å²) in [4.78, 5) is 31.1. The number of nitrogens with one attached hydrogen (secondary N) is 1. The van der Waals surface area contributed by atoms with E-state index in [1.54, 1.807) is 12.4 Å². The highest BCUT2D eigenvalue weighted by Crippen LogP contribution is 2.65. The fraction of sp³-hybridized carbons (Fsp3) is 0.667. The Kier molecular flexibility index (Phi) is 5.42. The van der Waals surface area contributed by atoms with Gasteiger partial charge in [0, 0.05) is 43.9 Å². The molecule has 2 amide bonds. The molecule has 3 fully saturated rings. The molecule has 1 aromatic heterocycles. The third kappa shape index (κ3) is 3.39. The van der Waals surface area contributed by atoms with E-state index in [4.69, 9.17) is 0 Å². The zero-order chi connectivity index (χ0) is 22.5. The highest BCUT2D eigenvalue weighted by atomic mass is 16.2. The van der Waals surface area contributed by atoms with Gasteiger partial charge in [-0.15, -0.1) is 0 Å². The molecule has 1 aliphatic heterocycles. The smallest absolute Gasteiger partial charge is 0.246 e. The van der Waals surface area contributed by atoms with Gasteiger partial charge >= 0.3 is 0 Å². The number of nitrogens with zero attached hydrogens (tertiary/aromatic N) is 2. The number of fused-ring (bicyclic) bond motifs is 5. The van der Waals surface area contributed by atoms with Crippen molar-refractivity contribution >= 4 is 11.8 Å². The van der Waals surface area contributed by atoms with E-state index in [1.807, 2.05) is 30.2 Å². The SMILES string of the molecule is CN1C(=O)C=C[C@]2(C)[C@H]3CC[C@]4(C)[C@@H](CC(=O)NCc5ccncc5)CC[C@H]4[C@@H]3CC[C@@H]12. The van der Waals surface area contributed by atoms with Gasteiger partial charge in [-0.3, -0.25) is 14.6 Å². The molecule has 0 radical (unpaired) electrons. The van der Waals surface area contributed by atoms with E-state index in [2.05, 4.69) is 30.2 Å². The number of carbonyl (C=O) groups excluding carboxylic acids is 2. The van der Waals surface area contributed by atoms with Gasteiger partial charge in [-0.2, -0.15) is 0 Å². The van der Waals surface area contributed by atoms with Crippen molar-refractivity contribution in [3.05, 3.63) is 42.2 Å². The third-order valence-corrected chi connectivity index (χ3v) is 9.99. The first-order chi connectivity index (χ1) is 15.3. The van der Waals surface area contributed by atoms with Crippen molar-refractivity contribution in [1.82, 2.24) is 15.2 Å². The quantitative estimate of drug-likeness (QED) is 0.765. The molecule has 5 rings (SSSR count). The van der Waals surface area contributed by atoms with Gasteiger partial charge in [0.25, 0.3) is 0 Å². The Morgan fingerprint density at radius 3 is 2.69 bits per heavy atom. The van der Waals surface area contributed by atoms with Crippen LogP contribution in [0.5, 0.6) is 0 Å². The van der Waals surface area contributed by atoms with Crippen molar-refractivity contribution in [3.8, 4) is 0 Å². The Morgan fingerprint density at radius 2 is 1.91 bits per heavy atom. The summed E-state index contributed by atoms with van der Waals surface area (Å²) < 4.78 is 0. The van der Waals surface area contributed by atoms with Crippen molar-refractivity contribution in [1.29, 1.82) is 0 Å². The number of aromatic nitrogens is 1. The average molecular weight is 436 g/mol. The molecule has 0 unspecified atom stereocenters. The molecule has 5 heteroatoms. The summed E-state index contributed by atoms with van der Waals surface area (Å²) in [6, 6.07) is 4.24. The van der Waals surface area contributed by atoms with Crippen molar-refractivity contribution in [2.75, 3.05) is 7.05 Å². The lowest BCUT2D eigenvalue weighted by Gasteiger charge is -2.60. The summed E-state index contributed by atoms with van der Waals surface area (Å²) in [5.41, 5.74) is 1.45. The van der Waals surface area contributed by atoms with Crippen LogP contribution in [0.2, 0.25) is 0 Å². The minimum atomic E-state index is 0.0902. The molecule has 3 saturated carbocycles. The predicted octanol–water partition coefficient (Wildman–Crippen LogP) is 4.34. The van der Waals surface area contributed by atoms with Crippen molar-refractivity contribution < 1.29 is 9.59 Å². The third-order valence-electron chi connectivity index (χ3n) is 9.99. The summed E-state index contributed by atoms with van der Waals surface area (Å²) in [6.45, 7) is 5.45. The minimum absolute atomic E-state index is 0.0902. The average Bonchev–Trinajstić information content (AvgIpc) is 3.12. The number of pyridine rings is 1. The number of carbonyl (C=O) groups is 2. The molecule has 32 heavy (non-hydrogen) atoms. The van der Waals surface area contributed by atoms with Crippen molar-refractivity contribution in [3.63, 3.8) is 0 Å². The molecule has 1 aromatic rings. The van der Waals surface area contributed by atoms with Crippen LogP contribution in [0, 0.1) is 34.5 Å². The highest BCUT2D eigenvalue weighted by Gasteiger charge is 2.60. The van der Waals surface area contributed by atoms with Crippen LogP contribution < -0.4 is 5.32 Å². The number of rotatable bonds is 4. The molecule has 4 aliphatic rings. The second kappa shape index (κ2) is 8.00. The first kappa shape index (κ1) is 21.7. The van der Waals surface area contributed by atoms with Crippen LogP contribution in [-0.2, 0) is 16.1 Å². The fourth-order valence-corrected chi connectivity index (χ4v) is 8.18. The Morgan fingerprint density at radius 1 is 1.12 bits per heavy atom. The van der Waals surface area contributed by atoms with Crippen LogP contribution >= 0.6 is 0 Å². The molecule has 0 spiro atoms. The lowest BCUT2D eigenvalue weighted by atomic mass is 9.47. The predicted molar refractivity (Wildman–Crippen MR) is 124 cm³/mol. The number of hydrogen-bond donors (Lipinski definition) is 1. The van der Waals surface area contributed by atoms with Gasteiger partial charge in [0.05, 0.1) is 0 Å². The summed E-state index contributed by atoms with van der Waals surface area (Å²) >= 11 is 0. The highest BCUT2D eigenvalue weighted by molar-refractivity contribution is 5.89. The molecule has 3 aliphatic carbocycles. The summed E-state index contributed by atoms with van der Waals surface area (Å²) in [5.74, 6) is 2.87. The van der Waals surface area contributed by atoms with E-state index in [0.717, 1.165) is 12.0 Å². The minimum Gasteiger partial charge on any atom is -0.352 e. The Balaban J connectivity index is 1.27. The van der Waals surface area contributed by atoms with Gasteiger partial charge in [0.15, 0.2) is 0 Å². The Bertz CT molecular complexity index is 915. The fourth-order valence-electron chi connectivity index (χ4n) is 8.18. The lowest BCUT2D eigenvalue weighted by Crippen LogP contribution is -2.59. The van der Waals surface area contributed by atoms with Gasteiger partial charge in [-0.25, -0.2) is 0 Å². The summed E-state index contributed by atoms with van der Waals surface area (Å²) in [5, 5.41) is 3.13. The van der Waals surface area contributed by atoms with Crippen LogP contribution in [0.25, 0.3) is 0 Å². The van der Waals surface area contributed by atoms with E-state index in [1.165, 1.54) is 32.1 Å². The standard InChI is InChI=1S/C27H37N3O2/c1-26-12-8-22-20(5-7-23-27(22,2)13-9-25(32)30(23)3)21(26)6-4-19(26)16-24(31)29-17-18-10-14-28-15-11-18/h9-11,13-15,19-23H,4-8,12,16-17H2,1-3H3,(H,29,31)/t19-,20+,21+,22+,23-,26-,27-/m1/s1. The zero-order valence-electron chi connectivity index (χ0n) is 19.7. The first-order valence-corrected chi connectivity index (χ1v) is 12.4. The summed E-state index contributed by atoms with van der Waals surface area (Å²) in [6.07, 6.45) is 15.4. The van der Waals surface area contributed by atoms with Crippen LogP contribution in [0.1, 0.15) is 64.4 Å². The Hall–Kier alpha value is -2.17. The Labute approximate surface area is 192 Å². The normalized spacial score (nSPS) is 40.4. The zero-order valence-corrected chi connectivity index (χ0v) is 19.7. The maximum absolute atomic E-state index is 12.8. The number of likely N-dealkylation sites (N-methyl/N-ethyl adjacent to an activating group) is 1. The van der Waals surface area contributed by atoms with Gasteiger partial charge < -0.3 is 10.2 Å². The van der Waals surface area contributed by atoms with Crippen LogP contribution in [0.15, 0.2) is 36.7 Å². The van der Waals surface area contributed by atoms with Crippen LogP contribution in [0.3, 0.4) is 0 Å². The molecule has 0 bridgehead atoms. The molecule has 0 aromatic carbocycles. The molecular formula is C27H37N3O2. The maximum Gasteiger partial charge on any atom is 0.246 e. The molecule has 172 valence electrons. The van der Waals surface area contributed by atoms with Gasteiger partial charge in [-0.05, 0) is 91.4 Å². The molecule has 5 nitrogen and oxygen atoms in total. The number of amides is 2. The lowest BCUT2D eigenvalue weighted by molar-refractivity contribution is -0.139. The van der Waals surface area contributed by atoms with Crippen molar-refractivity contribution in [2.45, 2.75) is 71.4 Å². The van der Waals surface area contributed by atoms with E-state index in [9.17, 15) is 9.59 Å². The topological polar surface area (TPSA) is 62.3 Å². The second-order valence-electron chi connectivity index (χ2n) is 11.3. The van der Waals surface area contributed by atoms with E-state index < -0.39 is 0 Å². The van der Waals surface area contributed by atoms with Gasteiger partial charge in [0.1, 0.15) is 0 Å². The van der Waals surface area contributed by atoms with E-state index >= 15 is 0 Å². The van der Waals surface area contributed by atoms with Gasteiger partial charge in [0.2, 0.25) is 11.8 Å². The van der Waals surface area contributed by atoms with Crippen molar-refractivity contribution in [2.24, 2.45) is 34.5 Å². The molecule has 7 atom stereocenters. The molecule has 0 saturated heterocycles. The monoisotopic (exact) mass is 435 g/mol. The first-order valence-electron chi connectivity index (χ1n) is 12.4. The summed E-state index contributed by atoms with van der Waals surface area (Å²) in [7, 11) is 1.98. The van der Waals surface area contributed by atoms with Crippen LogP contribution in [0.4, 0.5) is 0 Å². The molecule has 2 heterocycles. The number of hydrogen-bond acceptors (Lipinski definition) is 3. The van der Waals surface area contributed by atoms with Crippen LogP contribution in [-0.4, -0.2) is 34.8 Å². The van der Waals surface area contributed by atoms with E-state index in [0.29, 0.717) is 42.7 Å². The largest absolute Gasteiger partial charge is 0.352 e. The second-order valence-corrected chi connectivity index (χ2v) is 11.3. The van der Waals surface area contributed by atoms with E-state index in [-0.39, 0.29) is 22.6 Å². The maximum atomic E-state index is 12.8. The molecule has 1 N–H and O–H groups in total. The van der Waals surface area contributed by atoms with Gasteiger partial charge in [-0.1, -0.05) is 19.9 Å². The molecular weight excluding hydrogens is 398 g/mol.